The molecule has 4 nitrogen and oxygen atoms in total. The largest absolute Gasteiger partial charge is 0.366 e. The van der Waals surface area contributed by atoms with E-state index in [4.69, 9.17) is 11.6 Å². The van der Waals surface area contributed by atoms with Crippen LogP contribution in [0.15, 0.2) is 48.2 Å². The molecule has 2 aliphatic rings. The molecule has 5 heteroatoms. The van der Waals surface area contributed by atoms with Crippen LogP contribution in [0.3, 0.4) is 0 Å². The molecular weight excluding hydrogens is 384 g/mol. The molecule has 0 aromatic heterocycles. The maximum absolute atomic E-state index is 13.6. The predicted molar refractivity (Wildman–Crippen MR) is 117 cm³/mol. The average molecular weight is 409 g/mol. The number of hydrogen-bond acceptors (Lipinski definition) is 3. The van der Waals surface area contributed by atoms with Crippen LogP contribution in [0, 0.1) is 19.8 Å². The Morgan fingerprint density at radius 2 is 1.59 bits per heavy atom. The molecule has 0 saturated carbocycles. The van der Waals surface area contributed by atoms with Crippen molar-refractivity contribution in [1.82, 2.24) is 4.90 Å². The Bertz CT molecular complexity index is 1000. The summed E-state index contributed by atoms with van der Waals surface area (Å²) in [5.41, 5.74) is 4.30. The lowest BCUT2D eigenvalue weighted by Gasteiger charge is -2.32. The molecule has 2 aromatic rings. The fourth-order valence-electron chi connectivity index (χ4n) is 4.07. The molecule has 2 aliphatic heterocycles. The highest BCUT2D eigenvalue weighted by molar-refractivity contribution is 6.45. The Balaban J connectivity index is 1.83. The first-order chi connectivity index (χ1) is 13.9. The number of imide groups is 1. The number of carbonyl (C=O) groups excluding carboxylic acids is 2. The van der Waals surface area contributed by atoms with Crippen molar-refractivity contribution in [2.24, 2.45) is 5.92 Å². The van der Waals surface area contributed by atoms with Crippen LogP contribution in [0.4, 0.5) is 5.69 Å². The van der Waals surface area contributed by atoms with Crippen LogP contribution < -0.4 is 4.90 Å². The molecule has 29 heavy (non-hydrogen) atoms. The van der Waals surface area contributed by atoms with Crippen molar-refractivity contribution in [3.8, 4) is 0 Å². The minimum atomic E-state index is -0.280. The summed E-state index contributed by atoms with van der Waals surface area (Å²) in [7, 11) is 0. The van der Waals surface area contributed by atoms with E-state index in [0.29, 0.717) is 27.9 Å². The van der Waals surface area contributed by atoms with Crippen LogP contribution in [0.5, 0.6) is 0 Å². The number of likely N-dealkylation sites (tertiary alicyclic amines) is 1. The molecule has 1 saturated heterocycles. The monoisotopic (exact) mass is 408 g/mol. The van der Waals surface area contributed by atoms with Crippen molar-refractivity contribution in [2.45, 2.75) is 33.6 Å². The summed E-state index contributed by atoms with van der Waals surface area (Å²) in [6.07, 6.45) is 2.03. The highest BCUT2D eigenvalue weighted by atomic mass is 35.5. The summed E-state index contributed by atoms with van der Waals surface area (Å²) in [5, 5.41) is 0.503. The van der Waals surface area contributed by atoms with Crippen molar-refractivity contribution in [2.75, 3.05) is 18.0 Å². The van der Waals surface area contributed by atoms with E-state index in [1.165, 1.54) is 4.90 Å². The standard InChI is InChI=1S/C24H25ClN2O2/c1-15-4-7-18(8-5-15)21-22(26-12-10-16(2)11-13-26)24(29)27(23(21)28)20-14-19(25)9-6-17(20)3/h4-9,14,16H,10-13H2,1-3H3. The van der Waals surface area contributed by atoms with Crippen LogP contribution in [0.2, 0.25) is 5.02 Å². The van der Waals surface area contributed by atoms with E-state index in [0.717, 1.165) is 42.6 Å². The zero-order valence-electron chi connectivity index (χ0n) is 17.0. The van der Waals surface area contributed by atoms with Gasteiger partial charge in [-0.15, -0.1) is 0 Å². The van der Waals surface area contributed by atoms with Crippen LogP contribution in [-0.2, 0) is 9.59 Å². The van der Waals surface area contributed by atoms with Gasteiger partial charge in [0.2, 0.25) is 0 Å². The first-order valence-corrected chi connectivity index (χ1v) is 10.5. The van der Waals surface area contributed by atoms with E-state index in [1.54, 1.807) is 12.1 Å². The third kappa shape index (κ3) is 3.58. The quantitative estimate of drug-likeness (QED) is 0.673. The first-order valence-electron chi connectivity index (χ1n) is 10.1. The van der Waals surface area contributed by atoms with E-state index in [9.17, 15) is 9.59 Å². The minimum absolute atomic E-state index is 0.259. The van der Waals surface area contributed by atoms with Gasteiger partial charge in [-0.05, 0) is 55.9 Å². The molecule has 2 heterocycles. The SMILES string of the molecule is Cc1ccc(C2=C(N3CCC(C)CC3)C(=O)N(c3cc(Cl)ccc3C)C2=O)cc1. The number of aryl methyl sites for hydroxylation is 2. The number of halogens is 1. The molecule has 4 rings (SSSR count). The molecule has 0 aliphatic carbocycles. The summed E-state index contributed by atoms with van der Waals surface area (Å²) in [6.45, 7) is 7.70. The van der Waals surface area contributed by atoms with E-state index in [2.05, 4.69) is 11.8 Å². The van der Waals surface area contributed by atoms with E-state index in [-0.39, 0.29) is 11.8 Å². The highest BCUT2D eigenvalue weighted by Crippen LogP contribution is 2.38. The molecule has 2 amide bonds. The number of rotatable bonds is 3. The second-order valence-electron chi connectivity index (χ2n) is 8.14. The molecule has 1 fully saturated rings. The lowest BCUT2D eigenvalue weighted by molar-refractivity contribution is -0.120. The van der Waals surface area contributed by atoms with E-state index < -0.39 is 0 Å². The number of piperidine rings is 1. The van der Waals surface area contributed by atoms with Crippen LogP contribution in [0.1, 0.15) is 36.5 Å². The number of hydrogen-bond donors (Lipinski definition) is 0. The molecular formula is C24H25ClN2O2. The van der Waals surface area contributed by atoms with Gasteiger partial charge >= 0.3 is 0 Å². The number of benzene rings is 2. The fraction of sp³-hybridized carbons (Fsp3) is 0.333. The summed E-state index contributed by atoms with van der Waals surface area (Å²) in [4.78, 5) is 30.5. The summed E-state index contributed by atoms with van der Waals surface area (Å²) < 4.78 is 0. The second-order valence-corrected chi connectivity index (χ2v) is 8.57. The number of amides is 2. The number of nitrogens with zero attached hydrogens (tertiary/aromatic N) is 2. The summed E-state index contributed by atoms with van der Waals surface area (Å²) >= 11 is 6.19. The summed E-state index contributed by atoms with van der Waals surface area (Å²) in [6, 6.07) is 13.1. The lowest BCUT2D eigenvalue weighted by atomic mass is 9.97. The summed E-state index contributed by atoms with van der Waals surface area (Å²) in [5.74, 6) is 0.0940. The van der Waals surface area contributed by atoms with E-state index in [1.807, 2.05) is 44.2 Å². The maximum Gasteiger partial charge on any atom is 0.282 e. The fourth-order valence-corrected chi connectivity index (χ4v) is 4.23. The molecule has 0 bridgehead atoms. The molecule has 0 N–H and O–H groups in total. The molecule has 2 aromatic carbocycles. The van der Waals surface area contributed by atoms with Gasteiger partial charge in [-0.1, -0.05) is 54.4 Å². The van der Waals surface area contributed by atoms with Gasteiger partial charge in [0.25, 0.3) is 11.8 Å². The van der Waals surface area contributed by atoms with Gasteiger partial charge in [0.05, 0.1) is 11.3 Å². The van der Waals surface area contributed by atoms with Gasteiger partial charge < -0.3 is 4.90 Å². The Morgan fingerprint density at radius 1 is 0.931 bits per heavy atom. The predicted octanol–water partition coefficient (Wildman–Crippen LogP) is 4.97. The molecule has 150 valence electrons. The zero-order chi connectivity index (χ0) is 20.7. The lowest BCUT2D eigenvalue weighted by Crippen LogP contribution is -2.38. The van der Waals surface area contributed by atoms with Gasteiger partial charge in [0.1, 0.15) is 5.70 Å². The van der Waals surface area contributed by atoms with Crippen molar-refractivity contribution in [1.29, 1.82) is 0 Å². The number of carbonyl (C=O) groups is 2. The zero-order valence-corrected chi connectivity index (χ0v) is 17.8. The van der Waals surface area contributed by atoms with Crippen molar-refractivity contribution >= 4 is 34.7 Å². The normalized spacial score (nSPS) is 18.2. The van der Waals surface area contributed by atoms with Crippen molar-refractivity contribution in [3.63, 3.8) is 0 Å². The second kappa shape index (κ2) is 7.68. The average Bonchev–Trinajstić information content (AvgIpc) is 2.95. The molecule has 0 spiro atoms. The molecule has 0 radical (unpaired) electrons. The van der Waals surface area contributed by atoms with Crippen molar-refractivity contribution in [3.05, 3.63) is 69.9 Å². The van der Waals surface area contributed by atoms with E-state index >= 15 is 0 Å². The molecule has 0 unspecified atom stereocenters. The van der Waals surface area contributed by atoms with Crippen molar-refractivity contribution < 1.29 is 9.59 Å². The van der Waals surface area contributed by atoms with Gasteiger partial charge in [0, 0.05) is 18.1 Å². The molecule has 0 atom stereocenters. The Morgan fingerprint density at radius 3 is 2.24 bits per heavy atom. The minimum Gasteiger partial charge on any atom is -0.366 e. The smallest absolute Gasteiger partial charge is 0.282 e. The first kappa shape index (κ1) is 19.7. The van der Waals surface area contributed by atoms with Crippen LogP contribution in [0.25, 0.3) is 5.57 Å². The third-order valence-corrected chi connectivity index (χ3v) is 6.15. The van der Waals surface area contributed by atoms with Crippen LogP contribution in [-0.4, -0.2) is 29.8 Å². The van der Waals surface area contributed by atoms with Gasteiger partial charge in [-0.2, -0.15) is 0 Å². The van der Waals surface area contributed by atoms with Crippen LogP contribution >= 0.6 is 11.6 Å². The Hall–Kier alpha value is -2.59. The maximum atomic E-state index is 13.6. The van der Waals surface area contributed by atoms with Gasteiger partial charge in [-0.25, -0.2) is 4.90 Å². The van der Waals surface area contributed by atoms with Gasteiger partial charge in [0.15, 0.2) is 0 Å². The third-order valence-electron chi connectivity index (χ3n) is 5.91. The topological polar surface area (TPSA) is 40.6 Å². The van der Waals surface area contributed by atoms with Gasteiger partial charge in [-0.3, -0.25) is 9.59 Å². The Kier molecular flexibility index (Phi) is 5.22. The highest BCUT2D eigenvalue weighted by Gasteiger charge is 2.43. The number of anilines is 1. The Labute approximate surface area is 176 Å².